The Labute approximate surface area is 158 Å². The van der Waals surface area contributed by atoms with Gasteiger partial charge >= 0.3 is 0 Å². The summed E-state index contributed by atoms with van der Waals surface area (Å²) in [5.41, 5.74) is 2.63. The van der Waals surface area contributed by atoms with Gasteiger partial charge in [-0.2, -0.15) is 4.98 Å². The van der Waals surface area contributed by atoms with Crippen LogP contribution in [0.4, 0.5) is 5.69 Å². The Kier molecular flexibility index (Phi) is 5.23. The van der Waals surface area contributed by atoms with Gasteiger partial charge < -0.3 is 9.84 Å². The summed E-state index contributed by atoms with van der Waals surface area (Å²) in [6, 6.07) is 11.4. The molecule has 1 N–H and O–H groups in total. The zero-order valence-electron chi connectivity index (χ0n) is 15.1. The van der Waals surface area contributed by atoms with Gasteiger partial charge in [-0.1, -0.05) is 36.2 Å². The molecule has 1 fully saturated rings. The van der Waals surface area contributed by atoms with Crippen LogP contribution in [0.2, 0.25) is 0 Å². The molecule has 0 saturated heterocycles. The molecule has 0 unspecified atom stereocenters. The van der Waals surface area contributed by atoms with Crippen LogP contribution in [-0.2, 0) is 11.2 Å². The van der Waals surface area contributed by atoms with Crippen molar-refractivity contribution in [3.63, 3.8) is 0 Å². The first-order valence-electron chi connectivity index (χ1n) is 9.38. The Morgan fingerprint density at radius 2 is 1.89 bits per heavy atom. The zero-order valence-corrected chi connectivity index (χ0v) is 15.1. The Bertz CT molecular complexity index is 901. The lowest BCUT2D eigenvalue weighted by Crippen LogP contribution is -2.16. The smallest absolute Gasteiger partial charge is 0.231 e. The molecule has 6 heteroatoms. The number of pyridine rings is 1. The van der Waals surface area contributed by atoms with Crippen molar-refractivity contribution in [3.05, 3.63) is 60.2 Å². The molecule has 1 amide bonds. The van der Waals surface area contributed by atoms with E-state index in [0.29, 0.717) is 30.5 Å². The van der Waals surface area contributed by atoms with Gasteiger partial charge in [0.25, 0.3) is 0 Å². The molecule has 0 bridgehead atoms. The number of benzene rings is 1. The maximum absolute atomic E-state index is 12.4. The second-order valence-corrected chi connectivity index (χ2v) is 6.98. The Balaban J connectivity index is 1.45. The number of anilines is 1. The summed E-state index contributed by atoms with van der Waals surface area (Å²) in [5.74, 6) is 1.66. The van der Waals surface area contributed by atoms with E-state index in [9.17, 15) is 4.79 Å². The number of hydrogen-bond donors (Lipinski definition) is 1. The number of rotatable bonds is 6. The lowest BCUT2D eigenvalue weighted by atomic mass is 10.0. The highest BCUT2D eigenvalue weighted by Crippen LogP contribution is 2.28. The standard InChI is InChI=1S/C21H22N4O2/c26-19(13-15-5-1-2-6-15)23-18-8-4-3-7-17(18)14-20-24-21(25-27-20)16-9-11-22-12-10-16/h3-4,7-12,15H,1-2,5-6,13-14H2,(H,23,26). The molecule has 1 aliphatic carbocycles. The van der Waals surface area contributed by atoms with Crippen molar-refractivity contribution in [3.8, 4) is 11.4 Å². The van der Waals surface area contributed by atoms with Gasteiger partial charge in [0.05, 0.1) is 6.42 Å². The van der Waals surface area contributed by atoms with Crippen LogP contribution in [0.5, 0.6) is 0 Å². The van der Waals surface area contributed by atoms with Crippen molar-refractivity contribution in [2.75, 3.05) is 5.32 Å². The highest BCUT2D eigenvalue weighted by molar-refractivity contribution is 5.91. The van der Waals surface area contributed by atoms with Crippen LogP contribution in [0.15, 0.2) is 53.3 Å². The maximum Gasteiger partial charge on any atom is 0.231 e. The molecule has 1 saturated carbocycles. The minimum atomic E-state index is 0.0809. The summed E-state index contributed by atoms with van der Waals surface area (Å²) in [6.45, 7) is 0. The number of para-hydroxylation sites is 1. The number of aromatic nitrogens is 3. The molecule has 138 valence electrons. The van der Waals surface area contributed by atoms with Crippen LogP contribution in [-0.4, -0.2) is 21.0 Å². The van der Waals surface area contributed by atoms with Gasteiger partial charge in [-0.15, -0.1) is 0 Å². The summed E-state index contributed by atoms with van der Waals surface area (Å²) < 4.78 is 5.40. The van der Waals surface area contributed by atoms with Gasteiger partial charge in [0.2, 0.25) is 17.6 Å². The van der Waals surface area contributed by atoms with Gasteiger partial charge in [0.15, 0.2) is 0 Å². The van der Waals surface area contributed by atoms with Crippen molar-refractivity contribution in [1.82, 2.24) is 15.1 Å². The van der Waals surface area contributed by atoms with Crippen LogP contribution in [0.1, 0.15) is 43.6 Å². The Morgan fingerprint density at radius 3 is 2.70 bits per heavy atom. The highest BCUT2D eigenvalue weighted by atomic mass is 16.5. The van der Waals surface area contributed by atoms with E-state index in [1.807, 2.05) is 36.4 Å². The van der Waals surface area contributed by atoms with E-state index in [-0.39, 0.29) is 5.91 Å². The van der Waals surface area contributed by atoms with Crippen molar-refractivity contribution in [1.29, 1.82) is 0 Å². The van der Waals surface area contributed by atoms with Crippen molar-refractivity contribution in [2.24, 2.45) is 5.92 Å². The summed E-state index contributed by atoms with van der Waals surface area (Å²) in [6.07, 6.45) is 9.26. The number of hydrogen-bond acceptors (Lipinski definition) is 5. The maximum atomic E-state index is 12.4. The number of carbonyl (C=O) groups excluding carboxylic acids is 1. The molecule has 3 aromatic rings. The predicted molar refractivity (Wildman–Crippen MR) is 102 cm³/mol. The molecule has 27 heavy (non-hydrogen) atoms. The Morgan fingerprint density at radius 1 is 1.11 bits per heavy atom. The lowest BCUT2D eigenvalue weighted by molar-refractivity contribution is -0.117. The average molecular weight is 362 g/mol. The first-order valence-corrected chi connectivity index (χ1v) is 9.38. The molecule has 4 rings (SSSR count). The number of nitrogens with one attached hydrogen (secondary N) is 1. The predicted octanol–water partition coefficient (Wildman–Crippen LogP) is 4.24. The van der Waals surface area contributed by atoms with Crippen LogP contribution in [0.3, 0.4) is 0 Å². The lowest BCUT2D eigenvalue weighted by Gasteiger charge is -2.12. The zero-order chi connectivity index (χ0) is 18.5. The van der Waals surface area contributed by atoms with Crippen LogP contribution >= 0.6 is 0 Å². The summed E-state index contributed by atoms with van der Waals surface area (Å²) in [5, 5.41) is 7.10. The summed E-state index contributed by atoms with van der Waals surface area (Å²) in [4.78, 5) is 20.8. The molecule has 6 nitrogen and oxygen atoms in total. The van der Waals surface area contributed by atoms with E-state index in [0.717, 1.165) is 29.7 Å². The van der Waals surface area contributed by atoms with Crippen molar-refractivity contribution < 1.29 is 9.32 Å². The molecular weight excluding hydrogens is 340 g/mol. The third-order valence-electron chi connectivity index (χ3n) is 4.99. The quantitative estimate of drug-likeness (QED) is 0.709. The van der Waals surface area contributed by atoms with E-state index in [4.69, 9.17) is 4.52 Å². The SMILES string of the molecule is O=C(CC1CCCC1)Nc1ccccc1Cc1nc(-c2ccncc2)no1. The van der Waals surface area contributed by atoms with Gasteiger partial charge in [0, 0.05) is 30.1 Å². The molecule has 1 aliphatic rings. The van der Waals surface area contributed by atoms with Gasteiger partial charge in [-0.25, -0.2) is 0 Å². The van der Waals surface area contributed by atoms with Crippen LogP contribution in [0.25, 0.3) is 11.4 Å². The average Bonchev–Trinajstić information content (AvgIpc) is 3.36. The van der Waals surface area contributed by atoms with Gasteiger partial charge in [-0.3, -0.25) is 9.78 Å². The first-order chi connectivity index (χ1) is 13.3. The summed E-state index contributed by atoms with van der Waals surface area (Å²) >= 11 is 0. The van der Waals surface area contributed by atoms with E-state index in [2.05, 4.69) is 20.4 Å². The van der Waals surface area contributed by atoms with Crippen LogP contribution in [0, 0.1) is 5.92 Å². The first kappa shape index (κ1) is 17.4. The number of amides is 1. The topological polar surface area (TPSA) is 80.9 Å². The summed E-state index contributed by atoms with van der Waals surface area (Å²) in [7, 11) is 0. The van der Waals surface area contributed by atoms with Gasteiger partial charge in [0.1, 0.15) is 0 Å². The second kappa shape index (κ2) is 8.12. The van der Waals surface area contributed by atoms with Crippen molar-refractivity contribution >= 4 is 11.6 Å². The minimum Gasteiger partial charge on any atom is -0.339 e. The second-order valence-electron chi connectivity index (χ2n) is 6.98. The van der Waals surface area contributed by atoms with Crippen LogP contribution < -0.4 is 5.32 Å². The largest absolute Gasteiger partial charge is 0.339 e. The number of carbonyl (C=O) groups is 1. The van der Waals surface area contributed by atoms with E-state index >= 15 is 0 Å². The fourth-order valence-electron chi connectivity index (χ4n) is 3.58. The Hall–Kier alpha value is -3.02. The normalized spacial score (nSPS) is 14.4. The monoisotopic (exact) mass is 362 g/mol. The molecule has 0 spiro atoms. The number of nitrogens with zero attached hydrogens (tertiary/aromatic N) is 3. The molecule has 1 aromatic carbocycles. The third kappa shape index (κ3) is 4.39. The van der Waals surface area contributed by atoms with E-state index in [1.54, 1.807) is 12.4 Å². The highest BCUT2D eigenvalue weighted by Gasteiger charge is 2.19. The van der Waals surface area contributed by atoms with E-state index < -0.39 is 0 Å². The molecular formula is C21H22N4O2. The molecule has 0 aliphatic heterocycles. The minimum absolute atomic E-state index is 0.0809. The van der Waals surface area contributed by atoms with E-state index in [1.165, 1.54) is 12.8 Å². The molecule has 2 heterocycles. The fourth-order valence-corrected chi connectivity index (χ4v) is 3.58. The molecule has 0 radical (unpaired) electrons. The third-order valence-corrected chi connectivity index (χ3v) is 4.99. The fraction of sp³-hybridized carbons (Fsp3) is 0.333. The van der Waals surface area contributed by atoms with Crippen molar-refractivity contribution in [2.45, 2.75) is 38.5 Å². The molecule has 0 atom stereocenters. The molecule has 2 aromatic heterocycles. The van der Waals surface area contributed by atoms with Gasteiger partial charge in [-0.05, 0) is 42.5 Å².